The summed E-state index contributed by atoms with van der Waals surface area (Å²) in [7, 11) is 0. The molecule has 0 unspecified atom stereocenters. The zero-order chi connectivity index (χ0) is 10.1. The predicted molar refractivity (Wildman–Crippen MR) is 53.1 cm³/mol. The maximum atomic E-state index is 10.9. The van der Waals surface area contributed by atoms with Crippen LogP contribution in [0.4, 0.5) is 0 Å². The first-order valence-corrected chi connectivity index (χ1v) is 4.78. The molecular weight excluding hydrogens is 178 g/mol. The third-order valence-corrected chi connectivity index (χ3v) is 2.57. The zero-order valence-corrected chi connectivity index (χ0v) is 7.86. The van der Waals surface area contributed by atoms with Gasteiger partial charge in [0.1, 0.15) is 5.75 Å². The normalized spacial score (nSPS) is 15.4. The number of aromatic hydroxyl groups is 1. The van der Waals surface area contributed by atoms with Crippen LogP contribution in [0, 0.1) is 5.92 Å². The molecule has 74 valence electrons. The molecule has 0 atom stereocenters. The van der Waals surface area contributed by atoms with Gasteiger partial charge >= 0.3 is 0 Å². The molecule has 0 aromatic heterocycles. The summed E-state index contributed by atoms with van der Waals surface area (Å²) >= 11 is 0. The molecule has 1 aliphatic carbocycles. The molecule has 3 nitrogen and oxygen atoms in total. The Balaban J connectivity index is 2.26. The molecule has 1 aromatic carbocycles. The predicted octanol–water partition coefficient (Wildman–Crippen LogP) is 1.44. The fourth-order valence-electron chi connectivity index (χ4n) is 1.54. The molecule has 1 aromatic rings. The second kappa shape index (κ2) is 3.33. The van der Waals surface area contributed by atoms with Gasteiger partial charge in [-0.25, -0.2) is 0 Å². The molecule has 3 heteroatoms. The van der Waals surface area contributed by atoms with Crippen LogP contribution in [0.3, 0.4) is 0 Å². The van der Waals surface area contributed by atoms with Gasteiger partial charge in [-0.15, -0.1) is 0 Å². The largest absolute Gasteiger partial charge is 0.508 e. The minimum atomic E-state index is -0.443. The number of carbonyl (C=O) groups is 1. The lowest BCUT2D eigenvalue weighted by Crippen LogP contribution is -2.11. The summed E-state index contributed by atoms with van der Waals surface area (Å²) in [6.45, 7) is 0. The number of carbonyl (C=O) groups excluding carboxylic acids is 1. The molecule has 14 heavy (non-hydrogen) atoms. The van der Waals surface area contributed by atoms with Crippen LogP contribution in [-0.2, 0) is 6.42 Å². The Bertz CT molecular complexity index is 370. The first-order chi connectivity index (χ1) is 6.66. The minimum Gasteiger partial charge on any atom is -0.508 e. The van der Waals surface area contributed by atoms with Crippen molar-refractivity contribution in [3.63, 3.8) is 0 Å². The quantitative estimate of drug-likeness (QED) is 0.759. The van der Waals surface area contributed by atoms with Gasteiger partial charge in [0.2, 0.25) is 5.91 Å². The molecule has 0 heterocycles. The highest BCUT2D eigenvalue weighted by atomic mass is 16.3. The van der Waals surface area contributed by atoms with E-state index in [-0.39, 0.29) is 5.75 Å². The monoisotopic (exact) mass is 191 g/mol. The molecule has 1 saturated carbocycles. The molecule has 1 amide bonds. The van der Waals surface area contributed by atoms with Gasteiger partial charge in [0.05, 0.1) is 0 Å². The van der Waals surface area contributed by atoms with Crippen LogP contribution in [0.2, 0.25) is 0 Å². The molecule has 0 saturated heterocycles. The average molecular weight is 191 g/mol. The van der Waals surface area contributed by atoms with Crippen LogP contribution >= 0.6 is 0 Å². The van der Waals surface area contributed by atoms with E-state index in [4.69, 9.17) is 5.73 Å². The number of phenols is 1. The van der Waals surface area contributed by atoms with Crippen molar-refractivity contribution in [1.82, 2.24) is 0 Å². The molecule has 0 aliphatic heterocycles. The second-order valence-electron chi connectivity index (χ2n) is 3.86. The number of nitrogens with two attached hydrogens (primary N) is 1. The van der Waals surface area contributed by atoms with E-state index >= 15 is 0 Å². The van der Waals surface area contributed by atoms with Crippen LogP contribution in [0.25, 0.3) is 0 Å². The number of amides is 1. The standard InChI is InChI=1S/C11H13NO2/c12-11(14)8-3-4-10(13)9(6-8)5-7-1-2-7/h3-4,6-7,13H,1-2,5H2,(H2,12,14). The number of hydrogen-bond acceptors (Lipinski definition) is 2. The Kier molecular flexibility index (Phi) is 2.15. The number of primary amides is 1. The summed E-state index contributed by atoms with van der Waals surface area (Å²) in [5.41, 5.74) is 6.47. The molecule has 0 spiro atoms. The van der Waals surface area contributed by atoms with Gasteiger partial charge in [0.25, 0.3) is 0 Å². The Morgan fingerprint density at radius 1 is 1.50 bits per heavy atom. The fraction of sp³-hybridized carbons (Fsp3) is 0.364. The van der Waals surface area contributed by atoms with Crippen LogP contribution in [-0.4, -0.2) is 11.0 Å². The van der Waals surface area contributed by atoms with Gasteiger partial charge in [0, 0.05) is 5.56 Å². The molecule has 1 fully saturated rings. The van der Waals surface area contributed by atoms with Crippen molar-refractivity contribution in [2.45, 2.75) is 19.3 Å². The Labute approximate surface area is 82.5 Å². The summed E-state index contributed by atoms with van der Waals surface area (Å²) in [5, 5.41) is 9.54. The van der Waals surface area contributed by atoms with Crippen LogP contribution in [0.5, 0.6) is 5.75 Å². The number of hydrogen-bond donors (Lipinski definition) is 2. The van der Waals surface area contributed by atoms with Crippen molar-refractivity contribution >= 4 is 5.91 Å². The van der Waals surface area contributed by atoms with Crippen molar-refractivity contribution < 1.29 is 9.90 Å². The van der Waals surface area contributed by atoms with E-state index in [9.17, 15) is 9.90 Å². The van der Waals surface area contributed by atoms with Crippen molar-refractivity contribution in [1.29, 1.82) is 0 Å². The van der Waals surface area contributed by atoms with Gasteiger partial charge < -0.3 is 10.8 Å². The first kappa shape index (κ1) is 9.06. The van der Waals surface area contributed by atoms with E-state index in [2.05, 4.69) is 0 Å². The third-order valence-electron chi connectivity index (χ3n) is 2.57. The average Bonchev–Trinajstić information content (AvgIpc) is 2.92. The highest BCUT2D eigenvalue weighted by Gasteiger charge is 2.23. The number of benzene rings is 1. The molecule has 2 rings (SSSR count). The third kappa shape index (κ3) is 1.87. The lowest BCUT2D eigenvalue weighted by molar-refractivity contribution is 0.1000. The maximum Gasteiger partial charge on any atom is 0.248 e. The summed E-state index contributed by atoms with van der Waals surface area (Å²) < 4.78 is 0. The van der Waals surface area contributed by atoms with Crippen molar-refractivity contribution in [2.24, 2.45) is 11.7 Å². The van der Waals surface area contributed by atoms with Gasteiger partial charge in [-0.1, -0.05) is 0 Å². The lowest BCUT2D eigenvalue weighted by Gasteiger charge is -2.04. The van der Waals surface area contributed by atoms with Gasteiger partial charge in [-0.2, -0.15) is 0 Å². The lowest BCUT2D eigenvalue weighted by atomic mass is 10.0. The molecule has 3 N–H and O–H groups in total. The van der Waals surface area contributed by atoms with E-state index < -0.39 is 5.91 Å². The molecule has 0 bridgehead atoms. The Morgan fingerprint density at radius 3 is 2.79 bits per heavy atom. The first-order valence-electron chi connectivity index (χ1n) is 4.78. The van der Waals surface area contributed by atoms with E-state index in [1.807, 2.05) is 0 Å². The summed E-state index contributed by atoms with van der Waals surface area (Å²) in [6.07, 6.45) is 3.30. The second-order valence-corrected chi connectivity index (χ2v) is 3.86. The number of phenolic OH excluding ortho intramolecular Hbond substituents is 1. The molecule has 1 aliphatic rings. The summed E-state index contributed by atoms with van der Waals surface area (Å²) in [5.74, 6) is 0.507. The number of rotatable bonds is 3. The summed E-state index contributed by atoms with van der Waals surface area (Å²) in [4.78, 5) is 10.9. The van der Waals surface area contributed by atoms with E-state index in [0.29, 0.717) is 11.5 Å². The van der Waals surface area contributed by atoms with Crippen molar-refractivity contribution in [2.75, 3.05) is 0 Å². The van der Waals surface area contributed by atoms with Crippen LogP contribution < -0.4 is 5.73 Å². The highest BCUT2D eigenvalue weighted by molar-refractivity contribution is 5.93. The molecule has 0 radical (unpaired) electrons. The molecular formula is C11H13NO2. The zero-order valence-electron chi connectivity index (χ0n) is 7.86. The minimum absolute atomic E-state index is 0.266. The Morgan fingerprint density at radius 2 is 2.21 bits per heavy atom. The van der Waals surface area contributed by atoms with Gasteiger partial charge in [-0.3, -0.25) is 4.79 Å². The fourth-order valence-corrected chi connectivity index (χ4v) is 1.54. The SMILES string of the molecule is NC(=O)c1ccc(O)c(CC2CC2)c1. The van der Waals surface area contributed by atoms with E-state index in [1.54, 1.807) is 12.1 Å². The summed E-state index contributed by atoms with van der Waals surface area (Å²) in [6, 6.07) is 4.78. The van der Waals surface area contributed by atoms with Gasteiger partial charge in [-0.05, 0) is 48.9 Å². The van der Waals surface area contributed by atoms with Crippen LogP contribution in [0.1, 0.15) is 28.8 Å². The van der Waals surface area contributed by atoms with Gasteiger partial charge in [0.15, 0.2) is 0 Å². The Hall–Kier alpha value is -1.51. The topological polar surface area (TPSA) is 63.3 Å². The van der Waals surface area contributed by atoms with E-state index in [0.717, 1.165) is 12.0 Å². The smallest absolute Gasteiger partial charge is 0.248 e. The van der Waals surface area contributed by atoms with Crippen LogP contribution in [0.15, 0.2) is 18.2 Å². The highest BCUT2D eigenvalue weighted by Crippen LogP contribution is 2.35. The van der Waals surface area contributed by atoms with Crippen molar-refractivity contribution in [3.05, 3.63) is 29.3 Å². The van der Waals surface area contributed by atoms with Crippen molar-refractivity contribution in [3.8, 4) is 5.75 Å². The maximum absolute atomic E-state index is 10.9. The van der Waals surface area contributed by atoms with E-state index in [1.165, 1.54) is 18.9 Å².